The van der Waals surface area contributed by atoms with Gasteiger partial charge < -0.3 is 9.32 Å². The molecule has 0 spiro atoms. The summed E-state index contributed by atoms with van der Waals surface area (Å²) in [5.41, 5.74) is 6.29. The number of aromatic nitrogens is 1. The van der Waals surface area contributed by atoms with Crippen molar-refractivity contribution in [2.45, 2.75) is 5.41 Å². The van der Waals surface area contributed by atoms with Gasteiger partial charge in [-0.15, -0.1) is 11.3 Å². The lowest BCUT2D eigenvalue weighted by atomic mass is 9.68. The minimum Gasteiger partial charge on any atom is -0.455 e. The molecule has 0 unspecified atom stereocenters. The summed E-state index contributed by atoms with van der Waals surface area (Å²) in [5, 5.41) is 4.55. The number of thiazole rings is 1. The summed E-state index contributed by atoms with van der Waals surface area (Å²) in [6, 6.07) is 49.5. The van der Waals surface area contributed by atoms with Crippen molar-refractivity contribution in [2.24, 2.45) is 0 Å². The van der Waals surface area contributed by atoms with Crippen LogP contribution in [0.3, 0.4) is 0 Å². The Morgan fingerprint density at radius 2 is 1.20 bits per heavy atom. The second kappa shape index (κ2) is 14.5. The third kappa shape index (κ3) is 5.49. The Morgan fingerprint density at radius 1 is 0.516 bits per heavy atom. The van der Waals surface area contributed by atoms with E-state index >= 15 is 0 Å². The summed E-state index contributed by atoms with van der Waals surface area (Å²) in [6.45, 7) is 0. The molecule has 0 saturated carbocycles. The molecule has 0 bridgehead atoms. The van der Waals surface area contributed by atoms with Crippen LogP contribution < -0.4 is 4.90 Å². The Morgan fingerprint density at radius 3 is 2.00 bits per heavy atom. The molecule has 0 fully saturated rings. The Kier molecular flexibility index (Phi) is 6.31. The number of benzene rings is 10. The maximum absolute atomic E-state index is 9.64. The van der Waals surface area contributed by atoms with Crippen molar-refractivity contribution in [1.82, 2.24) is 4.98 Å². The maximum atomic E-state index is 9.64. The van der Waals surface area contributed by atoms with E-state index in [-0.39, 0.29) is 11.1 Å². The van der Waals surface area contributed by atoms with Crippen molar-refractivity contribution in [3.63, 3.8) is 0 Å². The topological polar surface area (TPSA) is 29.3 Å². The fourth-order valence-electron chi connectivity index (χ4n) is 9.76. The van der Waals surface area contributed by atoms with E-state index in [4.69, 9.17) is 17.6 Å². The van der Waals surface area contributed by atoms with E-state index in [0.717, 1.165) is 64.7 Å². The molecule has 12 aromatic rings. The predicted molar refractivity (Wildman–Crippen MR) is 267 cm³/mol. The second-order valence-corrected chi connectivity index (χ2v) is 16.9. The number of furan rings is 1. The molecule has 13 rings (SSSR count). The van der Waals surface area contributed by atoms with Crippen molar-refractivity contribution in [1.29, 1.82) is 0 Å². The summed E-state index contributed by atoms with van der Waals surface area (Å²) in [6.07, 6.45) is 0. The van der Waals surface area contributed by atoms with E-state index < -0.39 is 65.8 Å². The number of hydrogen-bond donors (Lipinski definition) is 0. The van der Waals surface area contributed by atoms with E-state index in [9.17, 15) is 5.48 Å². The van der Waals surface area contributed by atoms with Crippen LogP contribution in [0.5, 0.6) is 0 Å². The van der Waals surface area contributed by atoms with Gasteiger partial charge in [-0.2, -0.15) is 0 Å². The summed E-state index contributed by atoms with van der Waals surface area (Å²) in [5.74, 6) is 0. The molecule has 1 aliphatic carbocycles. The third-order valence-corrected chi connectivity index (χ3v) is 13.6. The molecule has 3 nitrogen and oxygen atoms in total. The minimum absolute atomic E-state index is 0.241. The number of fused-ring (bicyclic) bond motifs is 9. The van der Waals surface area contributed by atoms with Crippen LogP contribution in [0.4, 0.5) is 17.1 Å². The first kappa shape index (κ1) is 27.8. The maximum Gasteiger partial charge on any atom is 0.143 e. The van der Waals surface area contributed by atoms with Crippen LogP contribution >= 0.6 is 11.3 Å². The van der Waals surface area contributed by atoms with Crippen LogP contribution in [0.1, 0.15) is 36.0 Å². The molecule has 64 heavy (non-hydrogen) atoms. The monoisotopic (exact) mass is 844 g/mol. The fourth-order valence-corrected chi connectivity index (χ4v) is 10.7. The lowest BCUT2D eigenvalue weighted by molar-refractivity contribution is 0.673. The second-order valence-electron chi connectivity index (χ2n) is 15.9. The first-order valence-electron chi connectivity index (χ1n) is 26.0. The fraction of sp³-hybridized carbons (Fsp3) is 0.0167. The van der Waals surface area contributed by atoms with Gasteiger partial charge in [-0.3, -0.25) is 0 Å². The molecular formula is C60H38N2OS. The molecule has 300 valence electrons. The number of para-hydroxylation sites is 1. The number of anilines is 3. The Hall–Kier alpha value is -8.05. The normalized spacial score (nSPS) is 15.0. The van der Waals surface area contributed by atoms with Gasteiger partial charge in [0.15, 0.2) is 0 Å². The van der Waals surface area contributed by atoms with Gasteiger partial charge in [-0.05, 0) is 86.8 Å². The first-order valence-corrected chi connectivity index (χ1v) is 21.8. The van der Waals surface area contributed by atoms with Crippen molar-refractivity contribution >= 4 is 71.3 Å². The average Bonchev–Trinajstić information content (AvgIpc) is 4.13. The van der Waals surface area contributed by atoms with Crippen molar-refractivity contribution in [3.05, 3.63) is 253 Å². The Balaban J connectivity index is 1.19. The molecule has 0 saturated heterocycles. The minimum atomic E-state index is -2.05. The zero-order valence-corrected chi connectivity index (χ0v) is 34.7. The highest BCUT2D eigenvalue weighted by molar-refractivity contribution is 7.21. The number of nitrogens with zero attached hydrogens (tertiary/aromatic N) is 2. The lowest BCUT2D eigenvalue weighted by Gasteiger charge is -2.34. The van der Waals surface area contributed by atoms with Crippen LogP contribution in [0, 0.1) is 0 Å². The van der Waals surface area contributed by atoms with Crippen molar-refractivity contribution in [2.75, 3.05) is 4.90 Å². The van der Waals surface area contributed by atoms with Crippen molar-refractivity contribution in [3.8, 4) is 32.8 Å². The molecule has 2 heterocycles. The van der Waals surface area contributed by atoms with Gasteiger partial charge in [0, 0.05) is 39.0 Å². The lowest BCUT2D eigenvalue weighted by Crippen LogP contribution is -2.28. The van der Waals surface area contributed by atoms with Crippen LogP contribution in [-0.2, 0) is 5.41 Å². The quantitative estimate of drug-likeness (QED) is 0.160. The predicted octanol–water partition coefficient (Wildman–Crippen LogP) is 16.5. The van der Waals surface area contributed by atoms with Crippen LogP contribution in [0.15, 0.2) is 235 Å². The highest BCUT2D eigenvalue weighted by Crippen LogP contribution is 2.60. The SMILES string of the molecule is [2H]c1c([2H])c([2H])c(C2(c3c([2H])c([2H])c([2H])c([2H])c3[2H])c3ccccc3-c3c(N(c4ccc(-c5ccccc5)cc4)c4cc5oc6c7ccccc7ccc6c5cc4-c4nc5ccccc5s4)cccc32)c([2H])c1[2H]. The van der Waals surface area contributed by atoms with Gasteiger partial charge in [0.1, 0.15) is 16.2 Å². The summed E-state index contributed by atoms with van der Waals surface area (Å²) in [4.78, 5) is 7.38. The molecule has 1 aliphatic rings. The van der Waals surface area contributed by atoms with E-state index in [1.165, 1.54) is 0 Å². The van der Waals surface area contributed by atoms with Gasteiger partial charge in [0.05, 0.1) is 40.7 Å². The number of hydrogen-bond acceptors (Lipinski definition) is 4. The third-order valence-electron chi connectivity index (χ3n) is 12.5. The summed E-state index contributed by atoms with van der Waals surface area (Å²) < 4.78 is 99.9. The summed E-state index contributed by atoms with van der Waals surface area (Å²) >= 11 is 1.56. The molecule has 0 aliphatic heterocycles. The molecule has 0 atom stereocenters. The molecular weight excluding hydrogens is 797 g/mol. The molecule has 10 aromatic carbocycles. The largest absolute Gasteiger partial charge is 0.455 e. The summed E-state index contributed by atoms with van der Waals surface area (Å²) in [7, 11) is 0. The van der Waals surface area contributed by atoms with Crippen molar-refractivity contribution < 1.29 is 18.1 Å². The Bertz CT molecular complexity index is 4180. The standard InChI is InChI=1S/C60H38N2OS/c1-4-17-39(18-5-1)40-31-34-44(35-32-40)62(53-29-16-27-51-57(53)47-25-12-13-26-50(47)60(51,42-20-6-2-7-21-42)43-22-8-3-9-23-43)54-38-55-48(37-49(54)59-61-52-28-14-15-30-56(52)64-59)46-36-33-41-19-10-11-24-45(41)58(46)63-55/h1-38H/i2D,3D,6D,7D,8D,9D,20D,21D,22D,23D. The Labute approximate surface area is 388 Å². The molecule has 0 radical (unpaired) electrons. The van der Waals surface area contributed by atoms with Gasteiger partial charge in [0.25, 0.3) is 0 Å². The van der Waals surface area contributed by atoms with Crippen LogP contribution in [0.25, 0.3) is 75.8 Å². The van der Waals surface area contributed by atoms with Gasteiger partial charge in [-0.1, -0.05) is 182 Å². The first-order chi connectivity index (χ1) is 35.9. The van der Waals surface area contributed by atoms with E-state index in [1.54, 1.807) is 29.5 Å². The molecule has 4 heteroatoms. The number of rotatable bonds is 7. The van der Waals surface area contributed by atoms with E-state index in [0.29, 0.717) is 39.2 Å². The molecule has 2 aromatic heterocycles. The average molecular weight is 845 g/mol. The highest BCUT2D eigenvalue weighted by atomic mass is 32.1. The molecule has 0 N–H and O–H groups in total. The molecule has 0 amide bonds. The van der Waals surface area contributed by atoms with Gasteiger partial charge in [0.2, 0.25) is 0 Å². The zero-order chi connectivity index (χ0) is 50.9. The van der Waals surface area contributed by atoms with Crippen LogP contribution in [-0.4, -0.2) is 4.98 Å². The van der Waals surface area contributed by atoms with E-state index in [1.807, 2.05) is 97.1 Å². The van der Waals surface area contributed by atoms with Crippen LogP contribution in [0.2, 0.25) is 0 Å². The highest BCUT2D eigenvalue weighted by Gasteiger charge is 2.47. The smallest absolute Gasteiger partial charge is 0.143 e. The van der Waals surface area contributed by atoms with Gasteiger partial charge in [-0.25, -0.2) is 4.98 Å². The zero-order valence-electron chi connectivity index (χ0n) is 43.9. The van der Waals surface area contributed by atoms with E-state index in [2.05, 4.69) is 59.5 Å². The van der Waals surface area contributed by atoms with Gasteiger partial charge >= 0.3 is 0 Å².